The minimum absolute atomic E-state index is 0.485. The van der Waals surface area contributed by atoms with Gasteiger partial charge in [0.2, 0.25) is 0 Å². The molecule has 0 aromatic carbocycles. The zero-order valence-electron chi connectivity index (χ0n) is 8.40. The summed E-state index contributed by atoms with van der Waals surface area (Å²) in [6.07, 6.45) is 4.54. The average Bonchev–Trinajstić information content (AvgIpc) is 2.19. The van der Waals surface area contributed by atoms with Gasteiger partial charge in [-0.25, -0.2) is 9.97 Å². The van der Waals surface area contributed by atoms with Gasteiger partial charge in [-0.15, -0.1) is 0 Å². The Kier molecular flexibility index (Phi) is 3.56. The van der Waals surface area contributed by atoms with Crippen molar-refractivity contribution >= 4 is 5.97 Å². The second-order valence-electron chi connectivity index (χ2n) is 3.09. The molecule has 76 valence electrons. The Morgan fingerprint density at radius 3 is 2.36 bits per heavy atom. The molecule has 0 fully saturated rings. The first kappa shape index (κ1) is 10.6. The number of hydrogen-bond acceptors (Lipinski definition) is 3. The quantitative estimate of drug-likeness (QED) is 0.791. The van der Waals surface area contributed by atoms with Crippen molar-refractivity contribution in [2.75, 3.05) is 0 Å². The summed E-state index contributed by atoms with van der Waals surface area (Å²) in [6.45, 7) is 3.80. The molecule has 1 aromatic rings. The fraction of sp³-hybridized carbons (Fsp3) is 0.500. The van der Waals surface area contributed by atoms with E-state index in [1.54, 1.807) is 12.4 Å². The van der Waals surface area contributed by atoms with Crippen LogP contribution in [0, 0.1) is 0 Å². The van der Waals surface area contributed by atoms with Crippen LogP contribution >= 0.6 is 0 Å². The van der Waals surface area contributed by atoms with Crippen molar-refractivity contribution < 1.29 is 9.90 Å². The zero-order valence-corrected chi connectivity index (χ0v) is 8.40. The molecule has 0 aliphatic rings. The maximum absolute atomic E-state index is 10.8. The predicted molar refractivity (Wildman–Crippen MR) is 52.1 cm³/mol. The largest absolute Gasteiger partial charge is 0.481 e. The maximum atomic E-state index is 10.8. The molecule has 0 aliphatic heterocycles. The molecular formula is C10H14N2O2. The van der Waals surface area contributed by atoms with Gasteiger partial charge in [0.25, 0.3) is 0 Å². The van der Waals surface area contributed by atoms with Gasteiger partial charge in [0.1, 0.15) is 5.82 Å². The highest BCUT2D eigenvalue weighted by Crippen LogP contribution is 2.17. The van der Waals surface area contributed by atoms with E-state index >= 15 is 0 Å². The van der Waals surface area contributed by atoms with Crippen LogP contribution in [-0.4, -0.2) is 21.0 Å². The summed E-state index contributed by atoms with van der Waals surface area (Å²) in [5, 5.41) is 8.90. The van der Waals surface area contributed by atoms with Crippen LogP contribution in [-0.2, 0) is 11.2 Å². The van der Waals surface area contributed by atoms with E-state index in [1.165, 1.54) is 0 Å². The third kappa shape index (κ3) is 2.28. The van der Waals surface area contributed by atoms with Crippen molar-refractivity contribution in [3.63, 3.8) is 0 Å². The molecule has 0 aliphatic carbocycles. The summed E-state index contributed by atoms with van der Waals surface area (Å²) in [7, 11) is 0. The monoisotopic (exact) mass is 194 g/mol. The Hall–Kier alpha value is -1.45. The van der Waals surface area contributed by atoms with Crippen molar-refractivity contribution in [1.82, 2.24) is 9.97 Å². The van der Waals surface area contributed by atoms with E-state index in [-0.39, 0.29) is 0 Å². The molecule has 14 heavy (non-hydrogen) atoms. The molecule has 0 saturated heterocycles. The first-order chi connectivity index (χ1) is 6.69. The molecule has 0 radical (unpaired) electrons. The van der Waals surface area contributed by atoms with Crippen LogP contribution < -0.4 is 0 Å². The number of hydrogen-bond donors (Lipinski definition) is 1. The van der Waals surface area contributed by atoms with E-state index in [4.69, 9.17) is 5.11 Å². The van der Waals surface area contributed by atoms with Crippen molar-refractivity contribution in [1.29, 1.82) is 0 Å². The molecule has 0 spiro atoms. The second-order valence-corrected chi connectivity index (χ2v) is 3.09. The third-order valence-electron chi connectivity index (χ3n) is 2.15. The fourth-order valence-electron chi connectivity index (χ4n) is 1.28. The van der Waals surface area contributed by atoms with Crippen LogP contribution in [0.4, 0.5) is 0 Å². The Morgan fingerprint density at radius 1 is 1.43 bits per heavy atom. The number of carboxylic acids is 1. The molecule has 0 saturated carbocycles. The molecule has 1 atom stereocenters. The number of rotatable bonds is 4. The summed E-state index contributed by atoms with van der Waals surface area (Å²) >= 11 is 0. The summed E-state index contributed by atoms with van der Waals surface area (Å²) in [6, 6.07) is 0. The standard InChI is InChI=1S/C10H14N2O2/c1-3-8(10(13)14)7-5-11-9(4-2)12-6-7/h5-6,8H,3-4H2,1-2H3,(H,13,14). The smallest absolute Gasteiger partial charge is 0.311 e. The number of carboxylic acid groups (broad SMARTS) is 1. The lowest BCUT2D eigenvalue weighted by Crippen LogP contribution is -2.11. The first-order valence-corrected chi connectivity index (χ1v) is 4.72. The van der Waals surface area contributed by atoms with Gasteiger partial charge in [-0.3, -0.25) is 4.79 Å². The summed E-state index contributed by atoms with van der Waals surface area (Å²) in [4.78, 5) is 19.0. The van der Waals surface area contributed by atoms with Crippen LogP contribution in [0.15, 0.2) is 12.4 Å². The van der Waals surface area contributed by atoms with Crippen LogP contribution in [0.3, 0.4) is 0 Å². The Balaban J connectivity index is 2.89. The number of aromatic nitrogens is 2. The van der Waals surface area contributed by atoms with Gasteiger partial charge in [0.05, 0.1) is 5.92 Å². The lowest BCUT2D eigenvalue weighted by atomic mass is 10.00. The van der Waals surface area contributed by atoms with Crippen LogP contribution in [0.25, 0.3) is 0 Å². The van der Waals surface area contributed by atoms with Crippen molar-refractivity contribution in [2.24, 2.45) is 0 Å². The molecule has 1 rings (SSSR count). The Labute approximate surface area is 83.0 Å². The SMILES string of the molecule is CCc1ncc(C(CC)C(=O)O)cn1. The Bertz CT molecular complexity index is 308. The molecule has 4 nitrogen and oxygen atoms in total. The van der Waals surface area contributed by atoms with Gasteiger partial charge in [0.15, 0.2) is 0 Å². The fourth-order valence-corrected chi connectivity index (χ4v) is 1.28. The van der Waals surface area contributed by atoms with Gasteiger partial charge in [-0.05, 0) is 6.42 Å². The normalized spacial score (nSPS) is 12.4. The molecule has 1 unspecified atom stereocenters. The van der Waals surface area contributed by atoms with E-state index < -0.39 is 11.9 Å². The number of nitrogens with zero attached hydrogens (tertiary/aromatic N) is 2. The number of carbonyl (C=O) groups is 1. The highest BCUT2D eigenvalue weighted by molar-refractivity contribution is 5.75. The minimum Gasteiger partial charge on any atom is -0.481 e. The van der Waals surface area contributed by atoms with Crippen LogP contribution in [0.2, 0.25) is 0 Å². The van der Waals surface area contributed by atoms with Crippen LogP contribution in [0.5, 0.6) is 0 Å². The predicted octanol–water partition coefficient (Wildman–Crippen LogP) is 1.62. The maximum Gasteiger partial charge on any atom is 0.311 e. The third-order valence-corrected chi connectivity index (χ3v) is 2.15. The van der Waals surface area contributed by atoms with Gasteiger partial charge >= 0.3 is 5.97 Å². The molecule has 4 heteroatoms. The summed E-state index contributed by atoms with van der Waals surface area (Å²) < 4.78 is 0. The summed E-state index contributed by atoms with van der Waals surface area (Å²) in [5.74, 6) is -0.560. The van der Waals surface area contributed by atoms with Crippen LogP contribution in [0.1, 0.15) is 37.6 Å². The van der Waals surface area contributed by atoms with Gasteiger partial charge in [-0.1, -0.05) is 13.8 Å². The highest BCUT2D eigenvalue weighted by atomic mass is 16.4. The van der Waals surface area contributed by atoms with Gasteiger partial charge < -0.3 is 5.11 Å². The van der Waals surface area contributed by atoms with Crippen molar-refractivity contribution in [2.45, 2.75) is 32.6 Å². The van der Waals surface area contributed by atoms with E-state index in [2.05, 4.69) is 9.97 Å². The molecule has 1 heterocycles. The van der Waals surface area contributed by atoms with Gasteiger partial charge in [-0.2, -0.15) is 0 Å². The minimum atomic E-state index is -0.819. The Morgan fingerprint density at radius 2 is 2.00 bits per heavy atom. The van der Waals surface area contributed by atoms with E-state index in [0.29, 0.717) is 12.0 Å². The van der Waals surface area contributed by atoms with Gasteiger partial charge in [0, 0.05) is 24.4 Å². The van der Waals surface area contributed by atoms with Crippen molar-refractivity contribution in [3.05, 3.63) is 23.8 Å². The molecule has 1 aromatic heterocycles. The van der Waals surface area contributed by atoms with E-state index in [1.807, 2.05) is 13.8 Å². The zero-order chi connectivity index (χ0) is 10.6. The molecular weight excluding hydrogens is 180 g/mol. The molecule has 1 N–H and O–H groups in total. The number of aliphatic carboxylic acids is 1. The second kappa shape index (κ2) is 4.69. The van der Waals surface area contributed by atoms with E-state index in [0.717, 1.165) is 12.2 Å². The highest BCUT2D eigenvalue weighted by Gasteiger charge is 2.17. The molecule has 0 bridgehead atoms. The lowest BCUT2D eigenvalue weighted by molar-refractivity contribution is -0.138. The lowest BCUT2D eigenvalue weighted by Gasteiger charge is -2.08. The average molecular weight is 194 g/mol. The number of aryl methyl sites for hydroxylation is 1. The first-order valence-electron chi connectivity index (χ1n) is 4.72. The van der Waals surface area contributed by atoms with Crippen molar-refractivity contribution in [3.8, 4) is 0 Å². The topological polar surface area (TPSA) is 63.1 Å². The molecule has 0 amide bonds. The summed E-state index contributed by atoms with van der Waals surface area (Å²) in [5.41, 5.74) is 0.678. The van der Waals surface area contributed by atoms with E-state index in [9.17, 15) is 4.79 Å².